The minimum absolute atomic E-state index is 0.0799. The molecule has 4 aromatic rings. The Balaban J connectivity index is 1.83. The molecule has 0 aliphatic carbocycles. The number of aromatic nitrogens is 6. The fourth-order valence-corrected chi connectivity index (χ4v) is 3.95. The standard InChI is InChI=1S/C18H20N6O3S/c1-11(15-19-12(2)22-27-15)28-18-21-20-17-23(9-6-10-26-3)16(25)13-7-4-5-8-14(13)24(17)18/h4-5,7-8,11H,6,9-10H2,1-3H3. The molecule has 0 radical (unpaired) electrons. The van der Waals surface area contributed by atoms with Crippen molar-refractivity contribution in [2.24, 2.45) is 0 Å². The van der Waals surface area contributed by atoms with Gasteiger partial charge in [0.2, 0.25) is 11.7 Å². The van der Waals surface area contributed by atoms with Crippen LogP contribution in [0.5, 0.6) is 0 Å². The predicted molar refractivity (Wildman–Crippen MR) is 105 cm³/mol. The molecule has 0 N–H and O–H groups in total. The van der Waals surface area contributed by atoms with Gasteiger partial charge in [-0.2, -0.15) is 4.98 Å². The van der Waals surface area contributed by atoms with Gasteiger partial charge >= 0.3 is 0 Å². The second-order valence-corrected chi connectivity index (χ2v) is 7.69. The van der Waals surface area contributed by atoms with Gasteiger partial charge in [-0.3, -0.25) is 13.8 Å². The van der Waals surface area contributed by atoms with Crippen LogP contribution in [0.25, 0.3) is 16.7 Å². The number of hydrogen-bond acceptors (Lipinski definition) is 8. The van der Waals surface area contributed by atoms with Gasteiger partial charge in [-0.25, -0.2) is 0 Å². The first kappa shape index (κ1) is 18.6. The number of fused-ring (bicyclic) bond motifs is 3. The summed E-state index contributed by atoms with van der Waals surface area (Å²) in [6.45, 7) is 4.81. The molecule has 0 aliphatic rings. The zero-order chi connectivity index (χ0) is 19.7. The second kappa shape index (κ2) is 7.72. The highest BCUT2D eigenvalue weighted by Crippen LogP contribution is 2.33. The number of benzene rings is 1. The number of aryl methyl sites for hydroxylation is 2. The van der Waals surface area contributed by atoms with Crippen LogP contribution in [-0.4, -0.2) is 43.0 Å². The van der Waals surface area contributed by atoms with E-state index in [1.54, 1.807) is 18.6 Å². The lowest BCUT2D eigenvalue weighted by atomic mass is 10.2. The molecule has 4 rings (SSSR count). The fraction of sp³-hybridized carbons (Fsp3) is 0.389. The van der Waals surface area contributed by atoms with Gasteiger partial charge in [-0.1, -0.05) is 29.1 Å². The SMILES string of the molecule is COCCCn1c(=O)c2ccccc2n2c(SC(C)c3nc(C)no3)nnc12. The summed E-state index contributed by atoms with van der Waals surface area (Å²) >= 11 is 1.46. The van der Waals surface area contributed by atoms with Gasteiger partial charge in [0.1, 0.15) is 0 Å². The van der Waals surface area contributed by atoms with E-state index in [1.165, 1.54) is 11.8 Å². The number of nitrogens with zero attached hydrogens (tertiary/aromatic N) is 6. The molecule has 0 amide bonds. The predicted octanol–water partition coefficient (Wildman–Crippen LogP) is 2.63. The molecule has 28 heavy (non-hydrogen) atoms. The molecule has 9 nitrogen and oxygen atoms in total. The lowest BCUT2D eigenvalue weighted by Crippen LogP contribution is -2.24. The van der Waals surface area contributed by atoms with Crippen LogP contribution in [0.1, 0.15) is 30.3 Å². The lowest BCUT2D eigenvalue weighted by molar-refractivity contribution is 0.190. The second-order valence-electron chi connectivity index (χ2n) is 6.38. The number of rotatable bonds is 7. The van der Waals surface area contributed by atoms with Gasteiger partial charge < -0.3 is 9.26 Å². The van der Waals surface area contributed by atoms with Gasteiger partial charge in [-0.05, 0) is 32.4 Å². The summed E-state index contributed by atoms with van der Waals surface area (Å²) < 4.78 is 14.0. The number of thioether (sulfide) groups is 1. The molecule has 3 aromatic heterocycles. The maximum Gasteiger partial charge on any atom is 0.262 e. The Kier molecular flexibility index (Phi) is 5.14. The maximum atomic E-state index is 13.0. The molecule has 0 fully saturated rings. The molecule has 146 valence electrons. The smallest absolute Gasteiger partial charge is 0.262 e. The summed E-state index contributed by atoms with van der Waals surface area (Å²) in [5.41, 5.74) is 0.690. The summed E-state index contributed by atoms with van der Waals surface area (Å²) in [6, 6.07) is 7.48. The lowest BCUT2D eigenvalue weighted by Gasteiger charge is -2.11. The molecule has 0 aliphatic heterocycles. The highest BCUT2D eigenvalue weighted by molar-refractivity contribution is 7.99. The molecule has 1 aromatic carbocycles. The van der Waals surface area contributed by atoms with E-state index in [0.29, 0.717) is 47.6 Å². The zero-order valence-corrected chi connectivity index (χ0v) is 16.6. The van der Waals surface area contributed by atoms with Crippen molar-refractivity contribution < 1.29 is 9.26 Å². The molecule has 0 bridgehead atoms. The van der Waals surface area contributed by atoms with E-state index in [4.69, 9.17) is 9.26 Å². The van der Waals surface area contributed by atoms with Crippen LogP contribution in [0.2, 0.25) is 0 Å². The molecule has 10 heteroatoms. The van der Waals surface area contributed by atoms with E-state index in [9.17, 15) is 4.79 Å². The largest absolute Gasteiger partial charge is 0.385 e. The van der Waals surface area contributed by atoms with Crippen molar-refractivity contribution in [1.82, 2.24) is 29.3 Å². The topological polar surface area (TPSA) is 100 Å². The normalized spacial score (nSPS) is 12.8. The van der Waals surface area contributed by atoms with Crippen molar-refractivity contribution >= 4 is 28.4 Å². The molecule has 1 atom stereocenters. The fourth-order valence-electron chi connectivity index (χ4n) is 3.07. The van der Waals surface area contributed by atoms with Gasteiger partial charge in [0.05, 0.1) is 16.2 Å². The summed E-state index contributed by atoms with van der Waals surface area (Å²) in [7, 11) is 1.64. The van der Waals surface area contributed by atoms with Crippen LogP contribution in [0, 0.1) is 6.92 Å². The van der Waals surface area contributed by atoms with Crippen LogP contribution in [0.3, 0.4) is 0 Å². The number of para-hydroxylation sites is 1. The van der Waals surface area contributed by atoms with Crippen molar-refractivity contribution in [2.75, 3.05) is 13.7 Å². The van der Waals surface area contributed by atoms with Crippen molar-refractivity contribution in [2.45, 2.75) is 37.2 Å². The van der Waals surface area contributed by atoms with Crippen molar-refractivity contribution in [3.05, 3.63) is 46.3 Å². The molecular weight excluding hydrogens is 380 g/mol. The molecule has 1 unspecified atom stereocenters. The van der Waals surface area contributed by atoms with Crippen molar-refractivity contribution in [1.29, 1.82) is 0 Å². The van der Waals surface area contributed by atoms with Gasteiger partial charge in [0, 0.05) is 20.3 Å². The van der Waals surface area contributed by atoms with Crippen LogP contribution < -0.4 is 5.56 Å². The third-order valence-corrected chi connectivity index (χ3v) is 5.41. The Morgan fingerprint density at radius 2 is 2.11 bits per heavy atom. The summed E-state index contributed by atoms with van der Waals surface area (Å²) in [4.78, 5) is 17.3. The minimum atomic E-state index is -0.110. The van der Waals surface area contributed by atoms with E-state index in [2.05, 4.69) is 20.3 Å². The molecule has 0 saturated heterocycles. The first-order valence-electron chi connectivity index (χ1n) is 8.92. The average Bonchev–Trinajstić information content (AvgIpc) is 3.31. The molecule has 3 heterocycles. The van der Waals surface area contributed by atoms with E-state index >= 15 is 0 Å². The van der Waals surface area contributed by atoms with Crippen LogP contribution >= 0.6 is 11.8 Å². The number of ether oxygens (including phenoxy) is 1. The van der Waals surface area contributed by atoms with Crippen LogP contribution in [0.4, 0.5) is 0 Å². The molecular formula is C18H20N6O3S. The van der Waals surface area contributed by atoms with E-state index in [1.807, 2.05) is 35.6 Å². The van der Waals surface area contributed by atoms with Gasteiger partial charge in [0.25, 0.3) is 5.56 Å². The van der Waals surface area contributed by atoms with E-state index in [-0.39, 0.29) is 10.8 Å². The summed E-state index contributed by atoms with van der Waals surface area (Å²) in [5.74, 6) is 1.62. The highest BCUT2D eigenvalue weighted by Gasteiger charge is 2.21. The third kappa shape index (κ3) is 3.29. The summed E-state index contributed by atoms with van der Waals surface area (Å²) in [5, 5.41) is 13.7. The van der Waals surface area contributed by atoms with Crippen LogP contribution in [-0.2, 0) is 11.3 Å². The third-order valence-electron chi connectivity index (χ3n) is 4.38. The maximum absolute atomic E-state index is 13.0. The number of hydrogen-bond donors (Lipinski definition) is 0. The van der Waals surface area contributed by atoms with Crippen LogP contribution in [0.15, 0.2) is 38.7 Å². The molecule has 0 saturated carbocycles. The minimum Gasteiger partial charge on any atom is -0.385 e. The van der Waals surface area contributed by atoms with E-state index < -0.39 is 0 Å². The highest BCUT2D eigenvalue weighted by atomic mass is 32.2. The van der Waals surface area contributed by atoms with Crippen molar-refractivity contribution in [3.63, 3.8) is 0 Å². The number of methoxy groups -OCH3 is 1. The Morgan fingerprint density at radius 3 is 2.86 bits per heavy atom. The van der Waals surface area contributed by atoms with Crippen molar-refractivity contribution in [3.8, 4) is 0 Å². The Hall–Kier alpha value is -2.72. The first-order chi connectivity index (χ1) is 13.6. The van der Waals surface area contributed by atoms with Gasteiger partial charge in [0.15, 0.2) is 11.0 Å². The quantitative estimate of drug-likeness (QED) is 0.345. The average molecular weight is 400 g/mol. The Labute approximate surface area is 164 Å². The molecule has 0 spiro atoms. The Morgan fingerprint density at radius 1 is 1.29 bits per heavy atom. The monoisotopic (exact) mass is 400 g/mol. The Bertz CT molecular complexity index is 1180. The van der Waals surface area contributed by atoms with E-state index in [0.717, 1.165) is 5.52 Å². The zero-order valence-electron chi connectivity index (χ0n) is 15.8. The first-order valence-corrected chi connectivity index (χ1v) is 9.80. The summed E-state index contributed by atoms with van der Waals surface area (Å²) in [6.07, 6.45) is 0.706. The van der Waals surface area contributed by atoms with Gasteiger partial charge in [-0.15, -0.1) is 10.2 Å².